The number of nitrogens with zero attached hydrogens (tertiary/aromatic N) is 2. The topological polar surface area (TPSA) is 376 Å². The van der Waals surface area contributed by atoms with Gasteiger partial charge in [-0.1, -0.05) is 98.9 Å². The van der Waals surface area contributed by atoms with Gasteiger partial charge in [-0.3, -0.25) is 19.2 Å². The second kappa shape index (κ2) is 40.5. The molecular formula is C67H103N5O20. The third kappa shape index (κ3) is 28.9. The highest BCUT2D eigenvalue weighted by atomic mass is 16.7. The van der Waals surface area contributed by atoms with Gasteiger partial charge < -0.3 is 95.3 Å². The van der Waals surface area contributed by atoms with Crippen molar-refractivity contribution in [3.63, 3.8) is 0 Å². The third-order valence-electron chi connectivity index (χ3n) is 15.9. The van der Waals surface area contributed by atoms with E-state index in [1.54, 1.807) is 123 Å². The van der Waals surface area contributed by atoms with E-state index in [1.165, 1.54) is 13.0 Å². The molecule has 19 atom stereocenters. The van der Waals surface area contributed by atoms with Gasteiger partial charge in [0.1, 0.15) is 30.0 Å². The molecule has 0 aromatic heterocycles. The number of hydrogen-bond acceptors (Lipinski definition) is 24. The van der Waals surface area contributed by atoms with Gasteiger partial charge >= 0.3 is 11.9 Å². The summed E-state index contributed by atoms with van der Waals surface area (Å²) in [5.74, 6) is -7.69. The Hall–Kier alpha value is -5.69. The average molecular weight is 1300 g/mol. The Morgan fingerprint density at radius 3 is 1.88 bits per heavy atom. The van der Waals surface area contributed by atoms with E-state index >= 15 is 0 Å². The molecule has 1 amide bonds. The van der Waals surface area contributed by atoms with E-state index in [-0.39, 0.29) is 50.0 Å². The number of anilines is 1. The van der Waals surface area contributed by atoms with Crippen LogP contribution in [0.25, 0.3) is 0 Å². The molecule has 1 aromatic carbocycles. The molecule has 0 aliphatic carbocycles. The molecule has 3 aliphatic heterocycles. The number of fused-ring (bicyclic) bond motifs is 2. The number of ketones is 2. The van der Waals surface area contributed by atoms with Crippen LogP contribution in [0.4, 0.5) is 5.69 Å². The maximum atomic E-state index is 13.9. The fraction of sp³-hybridized carbons (Fsp3) is 0.627. The third-order valence-corrected chi connectivity index (χ3v) is 15.9. The molecule has 0 spiro atoms. The number of Topliss-reactive ketones (excluding diaryl/α,β-unsaturated/α-hetero) is 2. The predicted octanol–water partition coefficient (Wildman–Crippen LogP) is 1.99. The number of aliphatic hydroxyl groups excluding tert-OH is 9. The fourth-order valence-electron chi connectivity index (χ4n) is 11.2. The number of carbonyl (C=O) groups is 5. The first-order valence-corrected chi connectivity index (χ1v) is 31.6. The van der Waals surface area contributed by atoms with Crippen LogP contribution in [0, 0.1) is 17.8 Å². The number of allylic oxidation sites excluding steroid dienone is 12. The van der Waals surface area contributed by atoms with Crippen molar-refractivity contribution >= 4 is 35.1 Å². The lowest BCUT2D eigenvalue weighted by Gasteiger charge is -2.45. The summed E-state index contributed by atoms with van der Waals surface area (Å²) in [5.41, 5.74) is 3.88. The number of likely N-dealkylation sites (N-methyl/N-ethyl adjacent to an activating group) is 2. The van der Waals surface area contributed by atoms with Crippen molar-refractivity contribution < 1.29 is 98.8 Å². The molecule has 1 aromatic rings. The van der Waals surface area contributed by atoms with Crippen LogP contribution >= 0.6 is 0 Å². The van der Waals surface area contributed by atoms with Crippen molar-refractivity contribution in [3.8, 4) is 0 Å². The minimum atomic E-state index is -2.37. The number of benzene rings is 1. The van der Waals surface area contributed by atoms with Crippen LogP contribution in [0.3, 0.4) is 0 Å². The van der Waals surface area contributed by atoms with Crippen LogP contribution < -0.4 is 16.1 Å². The van der Waals surface area contributed by atoms with Crippen molar-refractivity contribution in [2.75, 3.05) is 60.2 Å². The van der Waals surface area contributed by atoms with Gasteiger partial charge in [-0.25, -0.2) is 4.79 Å². The SMILES string of the molecule is CNc1ccc(C(=O)CC(O)CCC(C)C2OC(=O)CC(O)CC(=O)CC(O)CC(O)CC(O)CC(O)CC3(O)CC(O)C(C(=O)ONCCN(C)C)C(CC(O[C@@H]4O[C@H](C)[C@@H](O)[C@H](NC(=O)CN(C)C)[C@@H]4O)/C=C/C=C/C=C/C=C/C=C/C=C/C=C/C2C)O3)cc1. The van der Waals surface area contributed by atoms with E-state index in [4.69, 9.17) is 23.8 Å². The van der Waals surface area contributed by atoms with Crippen molar-refractivity contribution in [2.45, 2.75) is 195 Å². The zero-order valence-corrected chi connectivity index (χ0v) is 54.3. The number of esters is 1. The maximum Gasteiger partial charge on any atom is 0.333 e. The van der Waals surface area contributed by atoms with Gasteiger partial charge in [0.25, 0.3) is 0 Å². The number of amides is 1. The molecule has 92 heavy (non-hydrogen) atoms. The molecule has 2 bridgehead atoms. The number of cyclic esters (lactones) is 1. The lowest BCUT2D eigenvalue weighted by Crippen LogP contribution is -2.64. The molecule has 2 saturated heterocycles. The number of hydroxylamine groups is 1. The number of rotatable bonds is 18. The second-order valence-corrected chi connectivity index (χ2v) is 25.0. The summed E-state index contributed by atoms with van der Waals surface area (Å²) in [7, 11) is 8.73. The zero-order chi connectivity index (χ0) is 68.1. The Labute approximate surface area is 540 Å². The van der Waals surface area contributed by atoms with Gasteiger partial charge in [0, 0.05) is 75.8 Å². The molecule has 13 N–H and O–H groups in total. The number of hydrogen-bond donors (Lipinski definition) is 13. The van der Waals surface area contributed by atoms with E-state index in [1.807, 2.05) is 38.9 Å². The van der Waals surface area contributed by atoms with Gasteiger partial charge in [0.15, 0.2) is 17.9 Å². The molecule has 14 unspecified atom stereocenters. The van der Waals surface area contributed by atoms with Crippen LogP contribution in [0.1, 0.15) is 108 Å². The first-order valence-electron chi connectivity index (χ1n) is 31.6. The summed E-state index contributed by atoms with van der Waals surface area (Å²) in [4.78, 5) is 75.1. The highest BCUT2D eigenvalue weighted by Crippen LogP contribution is 2.39. The van der Waals surface area contributed by atoms with Crippen LogP contribution in [0.15, 0.2) is 109 Å². The minimum Gasteiger partial charge on any atom is -0.461 e. The van der Waals surface area contributed by atoms with Gasteiger partial charge in [-0.15, -0.1) is 0 Å². The van der Waals surface area contributed by atoms with Gasteiger partial charge in [-0.2, -0.15) is 5.48 Å². The molecule has 3 heterocycles. The Balaban J connectivity index is 1.63. The van der Waals surface area contributed by atoms with Gasteiger partial charge in [0.2, 0.25) is 5.91 Å². The molecule has 4 rings (SSSR count). The average Bonchev–Trinajstić information content (AvgIpc) is 0.916. The largest absolute Gasteiger partial charge is 0.461 e. The fourth-order valence-corrected chi connectivity index (χ4v) is 11.2. The van der Waals surface area contributed by atoms with E-state index in [0.29, 0.717) is 18.5 Å². The number of aliphatic hydroxyl groups is 10. The van der Waals surface area contributed by atoms with Gasteiger partial charge in [-0.05, 0) is 97.4 Å². The summed E-state index contributed by atoms with van der Waals surface area (Å²) < 4.78 is 24.5. The van der Waals surface area contributed by atoms with Gasteiger partial charge in [0.05, 0.1) is 80.0 Å². The van der Waals surface area contributed by atoms with E-state index in [9.17, 15) is 75.0 Å². The molecule has 25 nitrogen and oxygen atoms in total. The number of ether oxygens (including phenoxy) is 4. The lowest BCUT2D eigenvalue weighted by molar-refractivity contribution is -0.309. The Morgan fingerprint density at radius 1 is 0.707 bits per heavy atom. The van der Waals surface area contributed by atoms with Crippen LogP contribution in [-0.4, -0.2) is 243 Å². The molecular weight excluding hydrogens is 1190 g/mol. The molecule has 0 saturated carbocycles. The predicted molar refractivity (Wildman–Crippen MR) is 343 cm³/mol. The summed E-state index contributed by atoms with van der Waals surface area (Å²) in [6, 6.07) is 5.65. The summed E-state index contributed by atoms with van der Waals surface area (Å²) in [6.07, 6.45) is 1.39. The summed E-state index contributed by atoms with van der Waals surface area (Å²) in [6.45, 7) is 5.82. The number of carbonyl (C=O) groups excluding carboxylic acids is 5. The maximum absolute atomic E-state index is 13.9. The second-order valence-electron chi connectivity index (χ2n) is 25.0. The van der Waals surface area contributed by atoms with Crippen molar-refractivity contribution in [3.05, 3.63) is 115 Å². The van der Waals surface area contributed by atoms with Crippen LogP contribution in [0.5, 0.6) is 0 Å². The van der Waals surface area contributed by atoms with E-state index in [0.717, 1.165) is 5.69 Å². The number of nitrogens with one attached hydrogen (secondary N) is 3. The minimum absolute atomic E-state index is 0.0617. The van der Waals surface area contributed by atoms with Crippen LogP contribution in [-0.2, 0) is 43.0 Å². The quantitative estimate of drug-likeness (QED) is 0.0432. The molecule has 516 valence electrons. The Kier molecular flexibility index (Phi) is 34.7. The monoisotopic (exact) mass is 1300 g/mol. The Morgan fingerprint density at radius 2 is 1.28 bits per heavy atom. The van der Waals surface area contributed by atoms with E-state index < -0.39 is 178 Å². The molecule has 0 radical (unpaired) electrons. The highest BCUT2D eigenvalue weighted by molar-refractivity contribution is 5.96. The normalized spacial score (nSPS) is 34.7. The van der Waals surface area contributed by atoms with E-state index in [2.05, 4.69) is 16.1 Å². The summed E-state index contributed by atoms with van der Waals surface area (Å²) >= 11 is 0. The van der Waals surface area contributed by atoms with Crippen molar-refractivity contribution in [2.24, 2.45) is 17.8 Å². The zero-order valence-electron chi connectivity index (χ0n) is 54.3. The van der Waals surface area contributed by atoms with Crippen LogP contribution in [0.2, 0.25) is 0 Å². The standard InChI is InChI=1S/C67H103N5O20/c1-42-21-19-17-15-13-11-9-10-12-14-16-18-20-22-54(89-66-63(85)61(62(84)44(3)88-66)70-58(82)41-72(7)8)38-57-60(65(86)92-69-29-30-71(5)6)56(81)40-67(87,91-57)39-53(79)35-51(77)33-49(75)31-48(74)32-50(76)34-52(78)37-59(83)90-64(42)43(2)23-28-47(73)36-55(80)45-24-26-46(68-4)27-25-45/h9-22,24-27,42-44,47-49,51-54,56-57,60-64,66,68-69,73-75,77-79,81,84-85,87H,23,28-41H2,1-8H3,(H,70,82)/b10-9+,13-11+,14-12+,17-15+,18-16+,21-19+,22-20+/t42?,43?,44-,47?,48?,49?,51?,52?,53?,54?,56?,57?,60?,61+,62-,63+,64?,66+,67?/m1/s1. The summed E-state index contributed by atoms with van der Waals surface area (Å²) in [5, 5.41) is 118. The highest BCUT2D eigenvalue weighted by Gasteiger charge is 2.52. The van der Waals surface area contributed by atoms with Crippen molar-refractivity contribution in [1.82, 2.24) is 20.6 Å². The Bertz CT molecular complexity index is 2630. The molecule has 2 fully saturated rings. The first-order chi connectivity index (χ1) is 43.6. The molecule has 3 aliphatic rings. The molecule has 25 heteroatoms. The lowest BCUT2D eigenvalue weighted by atomic mass is 9.82. The first kappa shape index (κ1) is 78.8. The van der Waals surface area contributed by atoms with Crippen molar-refractivity contribution in [1.29, 1.82) is 0 Å². The smallest absolute Gasteiger partial charge is 0.333 e.